The maximum atomic E-state index is 10.8. The first-order chi connectivity index (χ1) is 14.0. The van der Waals surface area contributed by atoms with Crippen LogP contribution in [0.2, 0.25) is 0 Å². The van der Waals surface area contributed by atoms with Crippen LogP contribution in [0.3, 0.4) is 0 Å². The van der Waals surface area contributed by atoms with Crippen molar-refractivity contribution in [1.82, 2.24) is 0 Å². The van der Waals surface area contributed by atoms with Gasteiger partial charge in [-0.25, -0.2) is 13.6 Å². The number of benzene rings is 1. The van der Waals surface area contributed by atoms with Crippen molar-refractivity contribution >= 4 is 10.0 Å². The van der Waals surface area contributed by atoms with Gasteiger partial charge in [-0.3, -0.25) is 0 Å². The van der Waals surface area contributed by atoms with Crippen LogP contribution in [0.1, 0.15) is 114 Å². The zero-order valence-corrected chi connectivity index (χ0v) is 19.7. The molecule has 4 heteroatoms. The molecule has 0 fully saturated rings. The molecule has 0 heterocycles. The van der Waals surface area contributed by atoms with E-state index in [4.69, 9.17) is 5.14 Å². The summed E-state index contributed by atoms with van der Waals surface area (Å²) in [7, 11) is -3.26. The Morgan fingerprint density at radius 3 is 1.31 bits per heavy atom. The molecule has 0 aromatic heterocycles. The Bertz CT molecular complexity index is 596. The second-order valence-electron chi connectivity index (χ2n) is 8.76. The van der Waals surface area contributed by atoms with Gasteiger partial charge in [-0.1, -0.05) is 120 Å². The molecule has 0 aliphatic heterocycles. The molecule has 0 bridgehead atoms. The van der Waals surface area contributed by atoms with Gasteiger partial charge in [-0.2, -0.15) is 0 Å². The van der Waals surface area contributed by atoms with E-state index in [-0.39, 0.29) is 5.75 Å². The van der Waals surface area contributed by atoms with Crippen LogP contribution in [0.25, 0.3) is 0 Å². The van der Waals surface area contributed by atoms with Crippen molar-refractivity contribution in [1.29, 1.82) is 0 Å². The van der Waals surface area contributed by atoms with Gasteiger partial charge in [0.25, 0.3) is 0 Å². The first-order valence-electron chi connectivity index (χ1n) is 12.0. The third-order valence-electron chi connectivity index (χ3n) is 5.76. The number of hydrogen-bond acceptors (Lipinski definition) is 2. The molecular formula is C25H45NO2S. The molecule has 0 aliphatic carbocycles. The van der Waals surface area contributed by atoms with Crippen LogP contribution in [0, 0.1) is 6.92 Å². The smallest absolute Gasteiger partial charge is 0.209 e. The van der Waals surface area contributed by atoms with Gasteiger partial charge < -0.3 is 0 Å². The van der Waals surface area contributed by atoms with Crippen LogP contribution in [0.5, 0.6) is 0 Å². The van der Waals surface area contributed by atoms with Crippen LogP contribution in [0.15, 0.2) is 24.3 Å². The van der Waals surface area contributed by atoms with E-state index in [0.717, 1.165) is 12.8 Å². The van der Waals surface area contributed by atoms with Crippen LogP contribution >= 0.6 is 0 Å². The molecule has 1 aromatic carbocycles. The van der Waals surface area contributed by atoms with Crippen molar-refractivity contribution < 1.29 is 8.42 Å². The number of primary sulfonamides is 1. The average molecular weight is 424 g/mol. The minimum absolute atomic E-state index is 0.139. The monoisotopic (exact) mass is 423 g/mol. The largest absolute Gasteiger partial charge is 0.229 e. The zero-order valence-electron chi connectivity index (χ0n) is 18.8. The summed E-state index contributed by atoms with van der Waals surface area (Å²) in [6.45, 7) is 2.15. The SMILES string of the molecule is Cc1ccc(CCCCCCCCCCCCCCCCCCS(N)(=O)=O)cc1. The molecule has 1 rings (SSSR count). The van der Waals surface area contributed by atoms with Crippen molar-refractivity contribution in [3.05, 3.63) is 35.4 Å². The maximum Gasteiger partial charge on any atom is 0.209 e. The summed E-state index contributed by atoms with van der Waals surface area (Å²) >= 11 is 0. The van der Waals surface area contributed by atoms with E-state index in [1.807, 2.05) is 0 Å². The number of aryl methyl sites for hydroxylation is 2. The van der Waals surface area contributed by atoms with Gasteiger partial charge in [0.1, 0.15) is 0 Å². The molecule has 0 saturated heterocycles. The molecule has 3 nitrogen and oxygen atoms in total. The third-order valence-corrected chi connectivity index (χ3v) is 6.62. The molecular weight excluding hydrogens is 378 g/mol. The molecule has 0 radical (unpaired) electrons. The van der Waals surface area contributed by atoms with Crippen molar-refractivity contribution in [2.75, 3.05) is 5.75 Å². The van der Waals surface area contributed by atoms with E-state index < -0.39 is 10.0 Å². The third kappa shape index (κ3) is 17.7. The van der Waals surface area contributed by atoms with E-state index in [2.05, 4.69) is 31.2 Å². The average Bonchev–Trinajstić information content (AvgIpc) is 2.67. The molecule has 0 amide bonds. The lowest BCUT2D eigenvalue weighted by Gasteiger charge is -2.04. The fourth-order valence-electron chi connectivity index (χ4n) is 3.86. The summed E-state index contributed by atoms with van der Waals surface area (Å²) < 4.78 is 21.7. The maximum absolute atomic E-state index is 10.8. The molecule has 168 valence electrons. The second-order valence-corrected chi connectivity index (χ2v) is 10.5. The number of unbranched alkanes of at least 4 members (excludes halogenated alkanes) is 15. The van der Waals surface area contributed by atoms with Crippen molar-refractivity contribution in [2.24, 2.45) is 5.14 Å². The summed E-state index contributed by atoms with van der Waals surface area (Å²) in [4.78, 5) is 0. The van der Waals surface area contributed by atoms with Gasteiger partial charge in [0.15, 0.2) is 0 Å². The summed E-state index contributed by atoms with van der Waals surface area (Å²) in [5.41, 5.74) is 2.83. The lowest BCUT2D eigenvalue weighted by Crippen LogP contribution is -2.16. The van der Waals surface area contributed by atoms with Crippen LogP contribution < -0.4 is 5.14 Å². The Morgan fingerprint density at radius 2 is 0.931 bits per heavy atom. The Balaban J connectivity index is 1.73. The van der Waals surface area contributed by atoms with E-state index in [1.165, 1.54) is 101 Å². The normalized spacial score (nSPS) is 11.8. The van der Waals surface area contributed by atoms with E-state index in [0.29, 0.717) is 6.42 Å². The van der Waals surface area contributed by atoms with Crippen LogP contribution in [0.4, 0.5) is 0 Å². The fraction of sp³-hybridized carbons (Fsp3) is 0.760. The Labute approximate surface area is 180 Å². The summed E-state index contributed by atoms with van der Waals surface area (Å²) in [6, 6.07) is 8.98. The molecule has 0 saturated carbocycles. The first-order valence-corrected chi connectivity index (χ1v) is 13.7. The number of sulfonamides is 1. The fourth-order valence-corrected chi connectivity index (χ4v) is 4.47. The highest BCUT2D eigenvalue weighted by molar-refractivity contribution is 7.89. The minimum atomic E-state index is -3.26. The van der Waals surface area contributed by atoms with Gasteiger partial charge >= 0.3 is 0 Å². The highest BCUT2D eigenvalue weighted by atomic mass is 32.2. The van der Waals surface area contributed by atoms with Crippen LogP contribution in [-0.2, 0) is 16.4 Å². The summed E-state index contributed by atoms with van der Waals surface area (Å²) in [5.74, 6) is 0.139. The quantitative estimate of drug-likeness (QED) is 0.242. The molecule has 2 N–H and O–H groups in total. The van der Waals surface area contributed by atoms with Crippen LogP contribution in [-0.4, -0.2) is 14.2 Å². The standard InChI is InChI=1S/C25H45NO2S/c1-24-19-21-25(22-20-24)18-16-14-12-10-8-6-4-2-3-5-7-9-11-13-15-17-23-29(26,27)28/h19-22H,2-18,23H2,1H3,(H2,26,27,28). The molecule has 0 aliphatic rings. The van der Waals surface area contributed by atoms with Crippen molar-refractivity contribution in [2.45, 2.75) is 116 Å². The minimum Gasteiger partial charge on any atom is -0.229 e. The number of rotatable bonds is 19. The van der Waals surface area contributed by atoms with Crippen molar-refractivity contribution in [3.8, 4) is 0 Å². The highest BCUT2D eigenvalue weighted by Gasteiger charge is 2.01. The Morgan fingerprint density at radius 1 is 0.586 bits per heavy atom. The second kappa shape index (κ2) is 16.9. The molecule has 1 aromatic rings. The van der Waals surface area contributed by atoms with Gasteiger partial charge in [-0.05, 0) is 31.7 Å². The first kappa shape index (κ1) is 26.2. The highest BCUT2D eigenvalue weighted by Crippen LogP contribution is 2.14. The van der Waals surface area contributed by atoms with E-state index in [1.54, 1.807) is 0 Å². The Kier molecular flexibility index (Phi) is 15.2. The predicted octanol–water partition coefficient (Wildman–Crippen LogP) is 7.07. The summed E-state index contributed by atoms with van der Waals surface area (Å²) in [6.07, 6.45) is 21.8. The van der Waals surface area contributed by atoms with E-state index in [9.17, 15) is 8.42 Å². The predicted molar refractivity (Wildman–Crippen MR) is 127 cm³/mol. The Hall–Kier alpha value is -0.870. The number of nitrogens with two attached hydrogens (primary N) is 1. The van der Waals surface area contributed by atoms with Gasteiger partial charge in [0.2, 0.25) is 10.0 Å². The zero-order chi connectivity index (χ0) is 21.2. The molecule has 0 unspecified atom stereocenters. The summed E-state index contributed by atoms with van der Waals surface area (Å²) in [5, 5.41) is 5.00. The lowest BCUT2D eigenvalue weighted by molar-refractivity contribution is 0.529. The lowest BCUT2D eigenvalue weighted by atomic mass is 10.0. The molecule has 0 spiro atoms. The van der Waals surface area contributed by atoms with Gasteiger partial charge in [0, 0.05) is 0 Å². The molecule has 0 atom stereocenters. The van der Waals surface area contributed by atoms with Crippen molar-refractivity contribution in [3.63, 3.8) is 0 Å². The topological polar surface area (TPSA) is 60.2 Å². The van der Waals surface area contributed by atoms with Gasteiger partial charge in [-0.15, -0.1) is 0 Å². The van der Waals surface area contributed by atoms with Gasteiger partial charge in [0.05, 0.1) is 5.75 Å². The molecule has 29 heavy (non-hydrogen) atoms. The van der Waals surface area contributed by atoms with E-state index >= 15 is 0 Å². The number of hydrogen-bond donors (Lipinski definition) is 1.